The second-order valence-electron chi connectivity index (χ2n) is 2.52. The largest absolute Gasteiger partial charge is 0.475 e. The second kappa shape index (κ2) is 4.42. The van der Waals surface area contributed by atoms with Crippen molar-refractivity contribution in [2.75, 3.05) is 5.73 Å². The van der Waals surface area contributed by atoms with E-state index in [2.05, 4.69) is 31.9 Å². The average Bonchev–Trinajstić information content (AvgIpc) is 2.10. The minimum atomic E-state index is -4.77. The molecule has 0 amide bonds. The van der Waals surface area contributed by atoms with Crippen molar-refractivity contribution < 1.29 is 17.4 Å². The van der Waals surface area contributed by atoms with Crippen molar-refractivity contribution in [3.63, 3.8) is 0 Å². The van der Waals surface area contributed by atoms with E-state index in [0.29, 0.717) is 0 Å². The fourth-order valence-electron chi connectivity index (χ4n) is 0.802. The van der Waals surface area contributed by atoms with Gasteiger partial charge in [0.25, 0.3) is 0 Å². The molecule has 0 bridgehead atoms. The van der Waals surface area contributed by atoms with Crippen molar-refractivity contribution in [2.24, 2.45) is 0 Å². The molecule has 0 aromatic heterocycles. The number of hydrogen-bond donors (Lipinski definition) is 1. The first-order valence-electron chi connectivity index (χ1n) is 3.46. The van der Waals surface area contributed by atoms with E-state index in [0.717, 1.165) is 12.1 Å². The molecule has 1 rings (SSSR count). The Kier molecular flexibility index (Phi) is 3.83. The second-order valence-corrected chi connectivity index (χ2v) is 5.70. The van der Waals surface area contributed by atoms with Crippen LogP contribution in [-0.4, -0.2) is 9.72 Å². The van der Waals surface area contributed by atoms with Crippen LogP contribution in [-0.2, 0) is 10.8 Å². The van der Waals surface area contributed by atoms with E-state index >= 15 is 0 Å². The summed E-state index contributed by atoms with van der Waals surface area (Å²) in [5.74, 6) is 0. The molecule has 0 heterocycles. The van der Waals surface area contributed by atoms with E-state index in [1.807, 2.05) is 0 Å². The third-order valence-corrected chi connectivity index (χ3v) is 3.87. The fraction of sp³-hybridized carbons (Fsp3) is 0.143. The smallest absolute Gasteiger partial charge is 0.397 e. The van der Waals surface area contributed by atoms with E-state index in [1.165, 1.54) is 0 Å². The molecular formula is C7H4Br2F3NOS. The Morgan fingerprint density at radius 1 is 1.20 bits per heavy atom. The number of rotatable bonds is 1. The predicted octanol–water partition coefficient (Wildman–Crippen LogP) is 3.42. The van der Waals surface area contributed by atoms with Gasteiger partial charge in [0.05, 0.1) is 10.6 Å². The molecule has 84 valence electrons. The molecule has 0 aliphatic heterocycles. The van der Waals surface area contributed by atoms with E-state index in [9.17, 15) is 17.4 Å². The van der Waals surface area contributed by atoms with Gasteiger partial charge in [0, 0.05) is 8.95 Å². The lowest BCUT2D eigenvalue weighted by Gasteiger charge is -2.08. The van der Waals surface area contributed by atoms with Gasteiger partial charge in [-0.1, -0.05) is 0 Å². The SMILES string of the molecule is Nc1c(Br)cc(S(=O)C(F)(F)F)cc1Br. The van der Waals surface area contributed by atoms with Gasteiger partial charge in [-0.25, -0.2) is 4.21 Å². The van der Waals surface area contributed by atoms with Gasteiger partial charge in [0.15, 0.2) is 10.8 Å². The Morgan fingerprint density at radius 3 is 1.93 bits per heavy atom. The first-order chi connectivity index (χ1) is 6.73. The molecule has 1 unspecified atom stereocenters. The Balaban J connectivity index is 3.24. The lowest BCUT2D eigenvalue weighted by molar-refractivity contribution is -0.0384. The van der Waals surface area contributed by atoms with Crippen LogP contribution in [0.25, 0.3) is 0 Å². The normalized spacial score (nSPS) is 13.9. The van der Waals surface area contributed by atoms with Crippen LogP contribution in [0.2, 0.25) is 0 Å². The van der Waals surface area contributed by atoms with Gasteiger partial charge in [0.2, 0.25) is 0 Å². The van der Waals surface area contributed by atoms with Gasteiger partial charge in [-0.05, 0) is 44.0 Å². The number of anilines is 1. The van der Waals surface area contributed by atoms with Gasteiger partial charge in [-0.3, -0.25) is 0 Å². The van der Waals surface area contributed by atoms with Crippen LogP contribution in [0.3, 0.4) is 0 Å². The molecule has 15 heavy (non-hydrogen) atoms. The van der Waals surface area contributed by atoms with Gasteiger partial charge >= 0.3 is 5.51 Å². The van der Waals surface area contributed by atoms with Crippen molar-refractivity contribution in [1.29, 1.82) is 0 Å². The van der Waals surface area contributed by atoms with Gasteiger partial charge in [-0.15, -0.1) is 0 Å². The predicted molar refractivity (Wildman–Crippen MR) is 58.7 cm³/mol. The van der Waals surface area contributed by atoms with Crippen molar-refractivity contribution in [3.8, 4) is 0 Å². The summed E-state index contributed by atoms with van der Waals surface area (Å²) in [6.45, 7) is 0. The van der Waals surface area contributed by atoms with Crippen molar-refractivity contribution in [1.82, 2.24) is 0 Å². The molecule has 0 aliphatic rings. The van der Waals surface area contributed by atoms with Crippen LogP contribution in [0.1, 0.15) is 0 Å². The molecule has 0 saturated carbocycles. The molecule has 2 nitrogen and oxygen atoms in total. The summed E-state index contributed by atoms with van der Waals surface area (Å²) in [4.78, 5) is -0.351. The molecule has 0 radical (unpaired) electrons. The Morgan fingerprint density at radius 2 is 1.60 bits per heavy atom. The number of halogens is 5. The maximum absolute atomic E-state index is 12.1. The van der Waals surface area contributed by atoms with Gasteiger partial charge in [0.1, 0.15) is 0 Å². The third-order valence-electron chi connectivity index (χ3n) is 1.48. The Labute approximate surface area is 103 Å². The highest BCUT2D eigenvalue weighted by Gasteiger charge is 2.38. The third kappa shape index (κ3) is 2.94. The van der Waals surface area contributed by atoms with Crippen molar-refractivity contribution in [3.05, 3.63) is 21.1 Å². The summed E-state index contributed by atoms with van der Waals surface area (Å²) in [5.41, 5.74) is 0.979. The minimum absolute atomic E-state index is 0.262. The highest BCUT2D eigenvalue weighted by Crippen LogP contribution is 2.34. The number of alkyl halides is 3. The van der Waals surface area contributed by atoms with Crippen LogP contribution in [0.5, 0.6) is 0 Å². The summed E-state index contributed by atoms with van der Waals surface area (Å²) in [6, 6.07) is 2.17. The zero-order valence-corrected chi connectivity index (χ0v) is 10.9. The summed E-state index contributed by atoms with van der Waals surface area (Å²) < 4.78 is 47.9. The highest BCUT2D eigenvalue weighted by molar-refractivity contribution is 9.11. The topological polar surface area (TPSA) is 43.1 Å². The lowest BCUT2D eigenvalue weighted by Crippen LogP contribution is -2.16. The molecule has 0 fully saturated rings. The molecule has 1 aromatic carbocycles. The molecule has 0 spiro atoms. The highest BCUT2D eigenvalue weighted by atomic mass is 79.9. The van der Waals surface area contributed by atoms with E-state index < -0.39 is 16.3 Å². The summed E-state index contributed by atoms with van der Waals surface area (Å²) in [5, 5.41) is 0. The van der Waals surface area contributed by atoms with Crippen LogP contribution >= 0.6 is 31.9 Å². The van der Waals surface area contributed by atoms with Crippen LogP contribution in [0.4, 0.5) is 18.9 Å². The molecule has 1 atom stereocenters. The summed E-state index contributed by atoms with van der Waals surface area (Å²) in [7, 11) is -3.05. The first-order valence-corrected chi connectivity index (χ1v) is 6.20. The number of benzene rings is 1. The Hall–Kier alpha value is -0.0800. The van der Waals surface area contributed by atoms with E-state index in [1.54, 1.807) is 0 Å². The molecule has 1 aromatic rings. The maximum Gasteiger partial charge on any atom is 0.475 e. The van der Waals surface area contributed by atoms with Gasteiger partial charge in [-0.2, -0.15) is 13.2 Å². The maximum atomic E-state index is 12.1. The number of nitrogens with two attached hydrogens (primary N) is 1. The number of nitrogen functional groups attached to an aromatic ring is 1. The fourth-order valence-corrected chi connectivity index (χ4v) is 3.01. The van der Waals surface area contributed by atoms with E-state index in [-0.39, 0.29) is 19.5 Å². The zero-order valence-electron chi connectivity index (χ0n) is 6.94. The number of hydrogen-bond acceptors (Lipinski definition) is 2. The Bertz CT molecular complexity index is 398. The molecule has 0 aliphatic carbocycles. The zero-order chi connectivity index (χ0) is 11.8. The van der Waals surface area contributed by atoms with Crippen LogP contribution in [0, 0.1) is 0 Å². The molecular weight excluding hydrogens is 363 g/mol. The van der Waals surface area contributed by atoms with E-state index in [4.69, 9.17) is 5.73 Å². The van der Waals surface area contributed by atoms with Crippen LogP contribution in [0.15, 0.2) is 26.0 Å². The monoisotopic (exact) mass is 365 g/mol. The van der Waals surface area contributed by atoms with Crippen molar-refractivity contribution >= 4 is 48.3 Å². The lowest BCUT2D eigenvalue weighted by atomic mass is 10.3. The standard InChI is InChI=1S/C7H4Br2F3NOS/c8-4-1-3(2-5(9)6(4)13)15(14)7(10,11)12/h1-2H,13H2. The average molecular weight is 367 g/mol. The first kappa shape index (κ1) is 13.0. The molecule has 0 saturated heterocycles. The van der Waals surface area contributed by atoms with Gasteiger partial charge < -0.3 is 5.73 Å². The molecule has 8 heteroatoms. The quantitative estimate of drug-likeness (QED) is 0.774. The molecule has 2 N–H and O–H groups in total. The summed E-state index contributed by atoms with van der Waals surface area (Å²) >= 11 is 5.95. The van der Waals surface area contributed by atoms with Crippen LogP contribution < -0.4 is 5.73 Å². The summed E-state index contributed by atoms with van der Waals surface area (Å²) in [6.07, 6.45) is 0. The minimum Gasteiger partial charge on any atom is -0.397 e. The van der Waals surface area contributed by atoms with Crippen molar-refractivity contribution in [2.45, 2.75) is 10.4 Å².